The zero-order valence-corrected chi connectivity index (χ0v) is 16.0. The van der Waals surface area contributed by atoms with Crippen LogP contribution in [-0.2, 0) is 4.74 Å². The van der Waals surface area contributed by atoms with E-state index in [0.717, 1.165) is 15.6 Å². The van der Waals surface area contributed by atoms with Crippen molar-refractivity contribution in [1.29, 1.82) is 0 Å². The van der Waals surface area contributed by atoms with E-state index in [-0.39, 0.29) is 17.5 Å². The number of thiazole rings is 1. The largest absolute Gasteiger partial charge is 0.861 e. The van der Waals surface area contributed by atoms with Crippen LogP contribution in [0.1, 0.15) is 0 Å². The Labute approximate surface area is 164 Å². The normalized spacial score (nSPS) is 15.3. The van der Waals surface area contributed by atoms with Gasteiger partial charge >= 0.3 is 5.88 Å². The van der Waals surface area contributed by atoms with Crippen molar-refractivity contribution in [3.63, 3.8) is 0 Å². The summed E-state index contributed by atoms with van der Waals surface area (Å²) in [6.45, 7) is 2.71. The van der Waals surface area contributed by atoms with Crippen LogP contribution in [0.3, 0.4) is 0 Å². The van der Waals surface area contributed by atoms with Gasteiger partial charge in [-0.2, -0.15) is 0 Å². The molecule has 4 rings (SSSR count). The molecule has 0 aliphatic carbocycles. The van der Waals surface area contributed by atoms with Gasteiger partial charge in [-0.1, -0.05) is 42.1 Å². The molecule has 10 heteroatoms. The smallest absolute Gasteiger partial charge is 0.324 e. The molecule has 0 amide bonds. The second kappa shape index (κ2) is 8.51. The number of hydrogen-bond acceptors (Lipinski definition) is 9. The topological polar surface area (TPSA) is 90.7 Å². The first-order chi connectivity index (χ1) is 13.3. The highest BCUT2D eigenvalue weighted by Gasteiger charge is 2.22. The molecule has 8 nitrogen and oxygen atoms in total. The number of morpholine rings is 1. The van der Waals surface area contributed by atoms with Crippen LogP contribution in [0, 0.1) is 0 Å². The molecule has 0 atom stereocenters. The summed E-state index contributed by atoms with van der Waals surface area (Å²) >= 11 is 2.88. The fourth-order valence-electron chi connectivity index (χ4n) is 2.51. The predicted octanol–water partition coefficient (Wildman–Crippen LogP) is 1.24. The van der Waals surface area contributed by atoms with Crippen molar-refractivity contribution in [3.8, 4) is 11.3 Å². The van der Waals surface area contributed by atoms with E-state index in [1.54, 1.807) is 11.0 Å². The third kappa shape index (κ3) is 4.65. The van der Waals surface area contributed by atoms with Crippen molar-refractivity contribution in [3.05, 3.63) is 41.9 Å². The molecule has 2 aromatic heterocycles. The van der Waals surface area contributed by atoms with Crippen molar-refractivity contribution in [1.82, 2.24) is 10.3 Å². The average molecular weight is 403 g/mol. The van der Waals surface area contributed by atoms with Gasteiger partial charge in [-0.3, -0.25) is 4.52 Å². The molecular formula is C17H17N5O3S2. The van der Waals surface area contributed by atoms with Crippen LogP contribution in [0.15, 0.2) is 55.8 Å². The van der Waals surface area contributed by atoms with E-state index in [2.05, 4.69) is 15.2 Å². The Morgan fingerprint density at radius 1 is 1.30 bits per heavy atom. The summed E-state index contributed by atoms with van der Waals surface area (Å²) in [4.78, 5) is 10.1. The summed E-state index contributed by atoms with van der Waals surface area (Å²) in [7, 11) is 0. The summed E-state index contributed by atoms with van der Waals surface area (Å²) in [5, 5.41) is 20.0. The first kappa shape index (κ1) is 18.0. The van der Waals surface area contributed by atoms with Crippen molar-refractivity contribution in [2.24, 2.45) is 4.99 Å². The van der Waals surface area contributed by atoms with Crippen LogP contribution in [0.2, 0.25) is 0 Å². The highest BCUT2D eigenvalue weighted by molar-refractivity contribution is 8.01. The molecule has 1 aliphatic rings. The Bertz CT molecular complexity index is 906. The molecule has 1 saturated heterocycles. The molecule has 0 N–H and O–H groups in total. The van der Waals surface area contributed by atoms with Gasteiger partial charge in [-0.05, 0) is 5.90 Å². The molecule has 0 unspecified atom stereocenters. The van der Waals surface area contributed by atoms with Crippen molar-refractivity contribution < 1.29 is 19.2 Å². The van der Waals surface area contributed by atoms with Crippen LogP contribution >= 0.6 is 23.1 Å². The first-order valence-corrected chi connectivity index (χ1v) is 10.2. The Morgan fingerprint density at radius 2 is 2.11 bits per heavy atom. The van der Waals surface area contributed by atoms with E-state index in [0.29, 0.717) is 26.3 Å². The first-order valence-electron chi connectivity index (χ1n) is 8.38. The molecule has 140 valence electrons. The van der Waals surface area contributed by atoms with Gasteiger partial charge < -0.3 is 9.84 Å². The lowest BCUT2D eigenvalue weighted by Gasteiger charge is -2.18. The number of aromatic nitrogens is 3. The molecule has 0 spiro atoms. The number of nitrogens with zero attached hydrogens (tertiary/aromatic N) is 5. The fraction of sp³-hybridized carbons (Fsp3) is 0.294. The standard InChI is InChI=1S/C17H17N5O3S2/c23-15(19-16-10-22(20-25-16)21-6-8-24-9-7-21)12-27-17-18-14(11-26-17)13-4-2-1-3-5-13/h1-5,10-11H,6-9,12H2. The highest BCUT2D eigenvalue weighted by atomic mass is 32.2. The molecular weight excluding hydrogens is 386 g/mol. The van der Waals surface area contributed by atoms with E-state index in [1.807, 2.05) is 40.7 Å². The predicted molar refractivity (Wildman–Crippen MR) is 101 cm³/mol. The second-order valence-electron chi connectivity index (χ2n) is 5.69. The van der Waals surface area contributed by atoms with E-state index >= 15 is 0 Å². The highest BCUT2D eigenvalue weighted by Crippen LogP contribution is 2.28. The second-order valence-corrected chi connectivity index (χ2v) is 7.77. The fourth-order valence-corrected chi connectivity index (χ4v) is 4.13. The summed E-state index contributed by atoms with van der Waals surface area (Å²) in [6, 6.07) is 9.95. The maximum absolute atomic E-state index is 12.1. The minimum Gasteiger partial charge on any atom is -0.861 e. The van der Waals surface area contributed by atoms with Gasteiger partial charge in [0.25, 0.3) is 6.20 Å². The zero-order valence-electron chi connectivity index (χ0n) is 14.4. The monoisotopic (exact) mass is 403 g/mol. The van der Waals surface area contributed by atoms with Crippen molar-refractivity contribution in [2.45, 2.75) is 4.34 Å². The number of thioether (sulfide) groups is 1. The van der Waals surface area contributed by atoms with Crippen molar-refractivity contribution >= 4 is 34.9 Å². The van der Waals surface area contributed by atoms with Gasteiger partial charge in [0.2, 0.25) is 5.27 Å². The van der Waals surface area contributed by atoms with E-state index in [1.165, 1.54) is 23.1 Å². The number of rotatable bonds is 6. The zero-order chi connectivity index (χ0) is 18.5. The van der Waals surface area contributed by atoms with Gasteiger partial charge in [-0.15, -0.1) is 16.3 Å². The SMILES string of the molecule is [O-]/C(CSc1nc(-c2ccccc2)cs1)=N\c1c[n+](N2CCOCC2)no1. The molecule has 1 fully saturated rings. The maximum atomic E-state index is 12.1. The van der Waals surface area contributed by atoms with Crippen LogP contribution < -0.4 is 14.9 Å². The lowest BCUT2D eigenvalue weighted by Crippen LogP contribution is -2.62. The number of aliphatic imine (C=N–C) groups is 1. The molecule has 1 aromatic carbocycles. The number of ether oxygens (including phenoxy) is 1. The van der Waals surface area contributed by atoms with Crippen LogP contribution in [0.4, 0.5) is 5.88 Å². The Hall–Kier alpha value is -2.43. The summed E-state index contributed by atoms with van der Waals surface area (Å²) in [5.74, 6) is 0.0953. The maximum Gasteiger partial charge on any atom is 0.324 e. The Morgan fingerprint density at radius 3 is 2.93 bits per heavy atom. The van der Waals surface area contributed by atoms with Gasteiger partial charge in [0.15, 0.2) is 4.34 Å². The van der Waals surface area contributed by atoms with Crippen LogP contribution in [0.25, 0.3) is 11.3 Å². The minimum atomic E-state index is -0.290. The molecule has 3 aromatic rings. The Kier molecular flexibility index (Phi) is 5.66. The van der Waals surface area contributed by atoms with Crippen LogP contribution in [-0.4, -0.2) is 48.2 Å². The molecule has 3 heterocycles. The third-order valence-corrected chi connectivity index (χ3v) is 5.83. The van der Waals surface area contributed by atoms with Gasteiger partial charge in [-0.25, -0.2) is 9.98 Å². The summed E-state index contributed by atoms with van der Waals surface area (Å²) in [5.41, 5.74) is 1.97. The lowest BCUT2D eigenvalue weighted by atomic mass is 10.2. The van der Waals surface area contributed by atoms with E-state index in [4.69, 9.17) is 9.26 Å². The number of benzene rings is 1. The molecule has 0 radical (unpaired) electrons. The average Bonchev–Trinajstić information content (AvgIpc) is 3.37. The molecule has 0 saturated carbocycles. The third-order valence-electron chi connectivity index (χ3n) is 3.83. The summed E-state index contributed by atoms with van der Waals surface area (Å²) < 4.78 is 11.3. The lowest BCUT2D eigenvalue weighted by molar-refractivity contribution is -0.759. The minimum absolute atomic E-state index is 0.191. The molecule has 27 heavy (non-hydrogen) atoms. The number of hydrogen-bond donors (Lipinski definition) is 0. The van der Waals surface area contributed by atoms with E-state index < -0.39 is 0 Å². The molecule has 0 bridgehead atoms. The quantitative estimate of drug-likeness (QED) is 0.265. The van der Waals surface area contributed by atoms with Gasteiger partial charge in [0.1, 0.15) is 0 Å². The van der Waals surface area contributed by atoms with Gasteiger partial charge in [0, 0.05) is 16.7 Å². The summed E-state index contributed by atoms with van der Waals surface area (Å²) in [6.07, 6.45) is 1.60. The van der Waals surface area contributed by atoms with E-state index in [9.17, 15) is 5.11 Å². The Balaban J connectivity index is 1.35. The molecule has 1 aliphatic heterocycles. The van der Waals surface area contributed by atoms with Gasteiger partial charge in [0.05, 0.1) is 36.8 Å². The van der Waals surface area contributed by atoms with Crippen LogP contribution in [0.5, 0.6) is 0 Å². The van der Waals surface area contributed by atoms with Crippen molar-refractivity contribution in [2.75, 3.05) is 37.1 Å².